The first-order valence-electron chi connectivity index (χ1n) is 7.04. The van der Waals surface area contributed by atoms with Crippen LogP contribution in [-0.2, 0) is 0 Å². The molecule has 0 N–H and O–H groups in total. The molecule has 0 spiro atoms. The Bertz CT molecular complexity index is 768. The Morgan fingerprint density at radius 2 is 1.62 bits per heavy atom. The second-order valence-electron chi connectivity index (χ2n) is 5.21. The highest BCUT2D eigenvalue weighted by Gasteiger charge is 2.09. The van der Waals surface area contributed by atoms with E-state index < -0.39 is 0 Å². The predicted octanol–water partition coefficient (Wildman–Crippen LogP) is 4.29. The molecule has 0 unspecified atom stereocenters. The fourth-order valence-electron chi connectivity index (χ4n) is 2.47. The van der Waals surface area contributed by atoms with E-state index in [1.807, 2.05) is 18.3 Å². The maximum absolute atomic E-state index is 4.44. The first-order valence-corrected chi connectivity index (χ1v) is 7.04. The van der Waals surface area contributed by atoms with E-state index in [1.54, 1.807) is 0 Å². The van der Waals surface area contributed by atoms with Crippen LogP contribution in [0, 0.1) is 0 Å². The van der Waals surface area contributed by atoms with Crippen molar-refractivity contribution in [2.45, 2.75) is 0 Å². The van der Waals surface area contributed by atoms with Gasteiger partial charge in [-0.15, -0.1) is 0 Å². The lowest BCUT2D eigenvalue weighted by Crippen LogP contribution is -2.10. The highest BCUT2D eigenvalue weighted by atomic mass is 15.1. The zero-order valence-corrected chi connectivity index (χ0v) is 12.3. The molecule has 0 bridgehead atoms. The topological polar surface area (TPSA) is 16.1 Å². The summed E-state index contributed by atoms with van der Waals surface area (Å²) in [6.45, 7) is 0. The molecule has 0 aliphatic heterocycles. The summed E-state index contributed by atoms with van der Waals surface area (Å²) < 4.78 is 0. The highest BCUT2D eigenvalue weighted by Crippen LogP contribution is 2.26. The van der Waals surface area contributed by atoms with Crippen molar-refractivity contribution >= 4 is 22.7 Å². The Hall–Kier alpha value is -2.61. The third-order valence-electron chi connectivity index (χ3n) is 3.51. The lowest BCUT2D eigenvalue weighted by atomic mass is 10.0. The van der Waals surface area contributed by atoms with Gasteiger partial charge in [0.25, 0.3) is 0 Å². The number of hydrogen-bond acceptors (Lipinski definition) is 2. The smallest absolute Gasteiger partial charge is 0.0708 e. The molecule has 21 heavy (non-hydrogen) atoms. The zero-order valence-electron chi connectivity index (χ0n) is 12.3. The summed E-state index contributed by atoms with van der Waals surface area (Å²) in [6, 6.07) is 20.7. The Morgan fingerprint density at radius 3 is 2.38 bits per heavy atom. The van der Waals surface area contributed by atoms with Crippen LogP contribution in [0.5, 0.6) is 0 Å². The van der Waals surface area contributed by atoms with Gasteiger partial charge in [0, 0.05) is 36.9 Å². The van der Waals surface area contributed by atoms with Gasteiger partial charge in [-0.2, -0.15) is 0 Å². The van der Waals surface area contributed by atoms with Gasteiger partial charge in [0.2, 0.25) is 0 Å². The summed E-state index contributed by atoms with van der Waals surface area (Å²) in [6.07, 6.45) is 4.09. The molecular formula is C19H18N2. The number of benzene rings is 2. The summed E-state index contributed by atoms with van der Waals surface area (Å²) in [4.78, 5) is 6.59. The van der Waals surface area contributed by atoms with E-state index in [0.29, 0.717) is 0 Å². The quantitative estimate of drug-likeness (QED) is 0.708. The average molecular weight is 274 g/mol. The number of fused-ring (bicyclic) bond motifs is 1. The molecule has 2 heteroatoms. The molecule has 104 valence electrons. The maximum Gasteiger partial charge on any atom is 0.0708 e. The predicted molar refractivity (Wildman–Crippen MR) is 89.7 cm³/mol. The van der Waals surface area contributed by atoms with Crippen molar-refractivity contribution in [3.8, 4) is 0 Å². The van der Waals surface area contributed by atoms with E-state index in [1.165, 1.54) is 22.2 Å². The molecule has 0 saturated heterocycles. The molecular weight excluding hydrogens is 256 g/mol. The summed E-state index contributed by atoms with van der Waals surface area (Å²) in [5.74, 6) is 0. The molecule has 0 aliphatic carbocycles. The van der Waals surface area contributed by atoms with Crippen molar-refractivity contribution in [3.63, 3.8) is 0 Å². The second kappa shape index (κ2) is 5.80. The van der Waals surface area contributed by atoms with Gasteiger partial charge in [0.1, 0.15) is 0 Å². The molecule has 3 rings (SSSR count). The van der Waals surface area contributed by atoms with Crippen LogP contribution < -0.4 is 0 Å². The molecule has 2 aromatic carbocycles. The molecule has 1 aromatic heterocycles. The number of para-hydroxylation sites is 1. The van der Waals surface area contributed by atoms with E-state index in [4.69, 9.17) is 0 Å². The first-order chi connectivity index (χ1) is 10.3. The molecule has 0 radical (unpaired) electrons. The van der Waals surface area contributed by atoms with Crippen molar-refractivity contribution in [1.82, 2.24) is 9.88 Å². The number of nitrogens with zero attached hydrogens (tertiary/aromatic N) is 2. The van der Waals surface area contributed by atoms with E-state index in [9.17, 15) is 0 Å². The van der Waals surface area contributed by atoms with Crippen LogP contribution in [0.2, 0.25) is 0 Å². The van der Waals surface area contributed by atoms with Crippen molar-refractivity contribution in [1.29, 1.82) is 0 Å². The summed E-state index contributed by atoms with van der Waals surface area (Å²) >= 11 is 0. The van der Waals surface area contributed by atoms with E-state index in [2.05, 4.69) is 78.6 Å². The first kappa shape index (κ1) is 13.4. The molecule has 0 fully saturated rings. The fourth-order valence-corrected chi connectivity index (χ4v) is 2.47. The van der Waals surface area contributed by atoms with Gasteiger partial charge in [0.05, 0.1) is 5.52 Å². The molecule has 1 heterocycles. The van der Waals surface area contributed by atoms with E-state index >= 15 is 0 Å². The SMILES string of the molecule is CN(C)C(=Cc1ccccc1)c1ccnc2ccccc12. The van der Waals surface area contributed by atoms with Gasteiger partial charge in [-0.05, 0) is 23.8 Å². The minimum Gasteiger partial charge on any atom is -0.377 e. The van der Waals surface area contributed by atoms with Gasteiger partial charge in [-0.1, -0.05) is 48.5 Å². The maximum atomic E-state index is 4.44. The standard InChI is InChI=1S/C19H18N2/c1-21(2)19(14-15-8-4-3-5-9-15)17-12-13-20-18-11-7-6-10-16(17)18/h3-14H,1-2H3. The van der Waals surface area contributed by atoms with Gasteiger partial charge in [-0.3, -0.25) is 4.98 Å². The van der Waals surface area contributed by atoms with Gasteiger partial charge in [-0.25, -0.2) is 0 Å². The van der Waals surface area contributed by atoms with Crippen LogP contribution in [-0.4, -0.2) is 24.0 Å². The number of hydrogen-bond donors (Lipinski definition) is 0. The van der Waals surface area contributed by atoms with Crippen LogP contribution >= 0.6 is 0 Å². The fraction of sp³-hybridized carbons (Fsp3) is 0.105. The van der Waals surface area contributed by atoms with E-state index in [-0.39, 0.29) is 0 Å². The monoisotopic (exact) mass is 274 g/mol. The van der Waals surface area contributed by atoms with Crippen LogP contribution in [0.3, 0.4) is 0 Å². The number of rotatable bonds is 3. The molecule has 0 saturated carbocycles. The van der Waals surface area contributed by atoms with Gasteiger partial charge < -0.3 is 4.90 Å². The lowest BCUT2D eigenvalue weighted by molar-refractivity contribution is 0.595. The molecule has 0 atom stereocenters. The van der Waals surface area contributed by atoms with Crippen LogP contribution in [0.25, 0.3) is 22.7 Å². The van der Waals surface area contributed by atoms with Crippen molar-refractivity contribution < 1.29 is 0 Å². The second-order valence-corrected chi connectivity index (χ2v) is 5.21. The minimum atomic E-state index is 1.02. The normalized spacial score (nSPS) is 11.6. The summed E-state index contributed by atoms with van der Waals surface area (Å²) in [5.41, 5.74) is 4.60. The van der Waals surface area contributed by atoms with Crippen molar-refractivity contribution in [2.75, 3.05) is 14.1 Å². The lowest BCUT2D eigenvalue weighted by Gasteiger charge is -2.19. The Labute approximate surface area is 125 Å². The number of pyridine rings is 1. The third kappa shape index (κ3) is 2.79. The highest BCUT2D eigenvalue weighted by molar-refractivity contribution is 5.95. The molecule has 0 amide bonds. The van der Waals surface area contributed by atoms with Gasteiger partial charge in [0.15, 0.2) is 0 Å². The molecule has 3 aromatic rings. The Morgan fingerprint density at radius 1 is 0.905 bits per heavy atom. The van der Waals surface area contributed by atoms with E-state index in [0.717, 1.165) is 5.52 Å². The van der Waals surface area contributed by atoms with Gasteiger partial charge >= 0.3 is 0 Å². The summed E-state index contributed by atoms with van der Waals surface area (Å²) in [7, 11) is 4.15. The Balaban J connectivity index is 2.19. The van der Waals surface area contributed by atoms with Crippen molar-refractivity contribution in [2.24, 2.45) is 0 Å². The average Bonchev–Trinajstić information content (AvgIpc) is 2.53. The zero-order chi connectivity index (χ0) is 14.7. The Kier molecular flexibility index (Phi) is 3.69. The third-order valence-corrected chi connectivity index (χ3v) is 3.51. The van der Waals surface area contributed by atoms with Crippen LogP contribution in [0.1, 0.15) is 11.1 Å². The summed E-state index contributed by atoms with van der Waals surface area (Å²) in [5, 5.41) is 1.18. The van der Waals surface area contributed by atoms with Crippen LogP contribution in [0.15, 0.2) is 66.9 Å². The van der Waals surface area contributed by atoms with Crippen molar-refractivity contribution in [3.05, 3.63) is 78.0 Å². The largest absolute Gasteiger partial charge is 0.377 e. The number of aromatic nitrogens is 1. The molecule has 0 aliphatic rings. The molecule has 2 nitrogen and oxygen atoms in total. The van der Waals surface area contributed by atoms with Crippen LogP contribution in [0.4, 0.5) is 0 Å². The minimum absolute atomic E-state index is 1.02.